The number of carbonyl (C=O) groups is 1. The fourth-order valence-corrected chi connectivity index (χ4v) is 3.65. The van der Waals surface area contributed by atoms with Crippen LogP contribution in [-0.2, 0) is 6.54 Å². The van der Waals surface area contributed by atoms with Gasteiger partial charge in [0.25, 0.3) is 5.91 Å². The molecule has 0 saturated carbocycles. The molecule has 0 radical (unpaired) electrons. The first kappa shape index (κ1) is 18.2. The predicted octanol–water partition coefficient (Wildman–Crippen LogP) is 2.13. The van der Waals surface area contributed by atoms with Crippen LogP contribution >= 0.6 is 0 Å². The molecule has 1 N–H and O–H groups in total. The summed E-state index contributed by atoms with van der Waals surface area (Å²) in [6, 6.07) is 9.33. The fraction of sp³-hybridized carbons (Fsp3) is 0.333. The molecule has 7 nitrogen and oxygen atoms in total. The van der Waals surface area contributed by atoms with E-state index in [9.17, 15) is 9.59 Å². The highest BCUT2D eigenvalue weighted by Gasteiger charge is 2.26. The number of pyridine rings is 3. The number of carbonyl (C=O) groups excluding carboxylic acids is 1. The summed E-state index contributed by atoms with van der Waals surface area (Å²) < 4.78 is 1.85. The van der Waals surface area contributed by atoms with Crippen LogP contribution in [0.2, 0.25) is 0 Å². The molecule has 1 amide bonds. The first-order valence-electron chi connectivity index (χ1n) is 9.54. The van der Waals surface area contributed by atoms with Gasteiger partial charge in [0.1, 0.15) is 17.0 Å². The zero-order valence-electron chi connectivity index (χ0n) is 16.1. The summed E-state index contributed by atoms with van der Waals surface area (Å²) in [6.45, 7) is 5.99. The fourth-order valence-electron chi connectivity index (χ4n) is 3.65. The third-order valence-corrected chi connectivity index (χ3v) is 5.14. The Morgan fingerprint density at radius 2 is 2.14 bits per heavy atom. The number of aromatic nitrogens is 3. The highest BCUT2D eigenvalue weighted by atomic mass is 16.2. The second kappa shape index (κ2) is 7.42. The number of hydrogen-bond donors (Lipinski definition) is 1. The van der Waals surface area contributed by atoms with E-state index in [1.807, 2.05) is 36.6 Å². The predicted molar refractivity (Wildman–Crippen MR) is 109 cm³/mol. The van der Waals surface area contributed by atoms with Gasteiger partial charge in [0, 0.05) is 43.8 Å². The van der Waals surface area contributed by atoms with Gasteiger partial charge in [0.05, 0.1) is 5.39 Å². The highest BCUT2D eigenvalue weighted by Crippen LogP contribution is 2.18. The largest absolute Gasteiger partial charge is 0.354 e. The summed E-state index contributed by atoms with van der Waals surface area (Å²) in [7, 11) is 0. The molecule has 4 heterocycles. The van der Waals surface area contributed by atoms with Crippen LogP contribution in [0.1, 0.15) is 29.4 Å². The Hall–Kier alpha value is -3.22. The van der Waals surface area contributed by atoms with Gasteiger partial charge in [-0.25, -0.2) is 9.97 Å². The monoisotopic (exact) mass is 377 g/mol. The Morgan fingerprint density at radius 3 is 2.89 bits per heavy atom. The third-order valence-electron chi connectivity index (χ3n) is 5.14. The smallest absolute Gasteiger partial charge is 0.257 e. The minimum absolute atomic E-state index is 0.0178. The second-order valence-electron chi connectivity index (χ2n) is 7.07. The van der Waals surface area contributed by atoms with Crippen LogP contribution in [0.3, 0.4) is 0 Å². The van der Waals surface area contributed by atoms with Crippen molar-refractivity contribution in [1.82, 2.24) is 19.9 Å². The van der Waals surface area contributed by atoms with Crippen LogP contribution in [0.5, 0.6) is 0 Å². The van der Waals surface area contributed by atoms with Gasteiger partial charge < -0.3 is 14.8 Å². The van der Waals surface area contributed by atoms with Crippen molar-refractivity contribution in [3.63, 3.8) is 0 Å². The average molecular weight is 377 g/mol. The lowest BCUT2D eigenvalue weighted by molar-refractivity contribution is 0.0938. The molecule has 0 spiro atoms. The van der Waals surface area contributed by atoms with E-state index < -0.39 is 0 Å². The van der Waals surface area contributed by atoms with Crippen molar-refractivity contribution >= 4 is 22.8 Å². The molecular formula is C21H23N5O2. The highest BCUT2D eigenvalue weighted by molar-refractivity contribution is 5.97. The summed E-state index contributed by atoms with van der Waals surface area (Å²) in [4.78, 5) is 36.7. The quantitative estimate of drug-likeness (QED) is 0.753. The minimum atomic E-state index is -0.331. The van der Waals surface area contributed by atoms with E-state index in [1.165, 1.54) is 0 Å². The molecule has 3 aromatic rings. The Labute approximate surface area is 163 Å². The molecule has 0 aliphatic carbocycles. The summed E-state index contributed by atoms with van der Waals surface area (Å²) in [5, 5.41) is 3.49. The van der Waals surface area contributed by atoms with Gasteiger partial charge in [0.15, 0.2) is 0 Å². The van der Waals surface area contributed by atoms with Crippen LogP contribution in [0.25, 0.3) is 11.0 Å². The van der Waals surface area contributed by atoms with Gasteiger partial charge in [-0.3, -0.25) is 9.59 Å². The van der Waals surface area contributed by atoms with Crippen molar-refractivity contribution in [3.05, 3.63) is 64.2 Å². The topological polar surface area (TPSA) is 80.1 Å². The van der Waals surface area contributed by atoms with Gasteiger partial charge >= 0.3 is 0 Å². The average Bonchev–Trinajstić information content (AvgIpc) is 3.17. The van der Waals surface area contributed by atoms with Gasteiger partial charge in [-0.15, -0.1) is 0 Å². The van der Waals surface area contributed by atoms with Crippen LogP contribution < -0.4 is 15.6 Å². The SMILES string of the molecule is CCn1cc(C(=O)NC2CCN(c3ccccn3)C2)c(=O)c2ccc(C)nc21. The molecule has 144 valence electrons. The first-order chi connectivity index (χ1) is 13.6. The van der Waals surface area contributed by atoms with Crippen LogP contribution in [-0.4, -0.2) is 39.6 Å². The van der Waals surface area contributed by atoms with Crippen LogP contribution in [0, 0.1) is 6.92 Å². The first-order valence-corrected chi connectivity index (χ1v) is 9.54. The van der Waals surface area contributed by atoms with Crippen molar-refractivity contribution in [2.75, 3.05) is 18.0 Å². The maximum absolute atomic E-state index is 12.9. The molecule has 1 aliphatic heterocycles. The van der Waals surface area contributed by atoms with Crippen molar-refractivity contribution in [3.8, 4) is 0 Å². The van der Waals surface area contributed by atoms with Crippen molar-refractivity contribution in [1.29, 1.82) is 0 Å². The number of nitrogens with zero attached hydrogens (tertiary/aromatic N) is 4. The molecule has 7 heteroatoms. The molecule has 1 atom stereocenters. The second-order valence-corrected chi connectivity index (χ2v) is 7.07. The van der Waals surface area contributed by atoms with E-state index in [1.54, 1.807) is 24.5 Å². The van der Waals surface area contributed by atoms with Crippen LogP contribution in [0.4, 0.5) is 5.82 Å². The van der Waals surface area contributed by atoms with Crippen molar-refractivity contribution < 1.29 is 4.79 Å². The summed E-state index contributed by atoms with van der Waals surface area (Å²) >= 11 is 0. The Morgan fingerprint density at radius 1 is 1.29 bits per heavy atom. The van der Waals surface area contributed by atoms with E-state index in [4.69, 9.17) is 0 Å². The Balaban J connectivity index is 1.57. The minimum Gasteiger partial charge on any atom is -0.354 e. The number of rotatable bonds is 4. The summed E-state index contributed by atoms with van der Waals surface area (Å²) in [6.07, 6.45) is 4.20. The number of anilines is 1. The van der Waals surface area contributed by atoms with E-state index in [0.29, 0.717) is 24.1 Å². The van der Waals surface area contributed by atoms with Gasteiger partial charge in [-0.1, -0.05) is 6.07 Å². The van der Waals surface area contributed by atoms with Gasteiger partial charge in [-0.2, -0.15) is 0 Å². The zero-order valence-corrected chi connectivity index (χ0v) is 16.1. The van der Waals surface area contributed by atoms with Gasteiger partial charge in [-0.05, 0) is 44.5 Å². The summed E-state index contributed by atoms with van der Waals surface area (Å²) in [5.41, 5.74) is 1.35. The molecule has 0 aromatic carbocycles. The number of aryl methyl sites for hydroxylation is 2. The number of hydrogen-bond acceptors (Lipinski definition) is 5. The zero-order chi connectivity index (χ0) is 19.7. The van der Waals surface area contributed by atoms with Crippen molar-refractivity contribution in [2.24, 2.45) is 0 Å². The lowest BCUT2D eigenvalue weighted by Crippen LogP contribution is -2.39. The maximum atomic E-state index is 12.9. The molecule has 1 unspecified atom stereocenters. The van der Waals surface area contributed by atoms with E-state index >= 15 is 0 Å². The number of nitrogens with one attached hydrogen (secondary N) is 1. The maximum Gasteiger partial charge on any atom is 0.257 e. The summed E-state index contributed by atoms with van der Waals surface area (Å²) in [5.74, 6) is 0.572. The standard InChI is InChI=1S/C21H23N5O2/c1-3-25-13-17(19(27)16-8-7-14(2)23-20(16)25)21(28)24-15-9-11-26(12-15)18-6-4-5-10-22-18/h4-8,10,13,15H,3,9,11-12H2,1-2H3,(H,24,28). The molecule has 28 heavy (non-hydrogen) atoms. The molecule has 0 bridgehead atoms. The van der Waals surface area contributed by atoms with Crippen molar-refractivity contribution in [2.45, 2.75) is 32.9 Å². The molecule has 1 aliphatic rings. The third kappa shape index (κ3) is 3.35. The molecule has 1 fully saturated rings. The Bertz CT molecular complexity index is 1080. The van der Waals surface area contributed by atoms with E-state index in [2.05, 4.69) is 20.2 Å². The molecule has 4 rings (SSSR count). The number of fused-ring (bicyclic) bond motifs is 1. The molecule has 1 saturated heterocycles. The Kier molecular flexibility index (Phi) is 4.81. The van der Waals surface area contributed by atoms with E-state index in [-0.39, 0.29) is 22.9 Å². The van der Waals surface area contributed by atoms with E-state index in [0.717, 1.165) is 24.5 Å². The molecular weight excluding hydrogens is 354 g/mol. The lowest BCUT2D eigenvalue weighted by Gasteiger charge is -2.18. The number of amides is 1. The normalized spacial score (nSPS) is 16.5. The molecule has 3 aromatic heterocycles. The van der Waals surface area contributed by atoms with Crippen LogP contribution in [0.15, 0.2) is 47.5 Å². The lowest BCUT2D eigenvalue weighted by atomic mass is 10.1. The van der Waals surface area contributed by atoms with Gasteiger partial charge in [0.2, 0.25) is 5.43 Å².